The largest absolute Gasteiger partial charge is 0.344 e. The Labute approximate surface area is 282 Å². The van der Waals surface area contributed by atoms with Crippen LogP contribution in [-0.2, 0) is 46.6 Å². The highest BCUT2D eigenvalue weighted by atomic mass is 32.2. The second-order valence-corrected chi connectivity index (χ2v) is 15.0. The number of nitrogens with zero attached hydrogens (tertiary/aromatic N) is 3. The maximum Gasteiger partial charge on any atom is 0.337 e. The Morgan fingerprint density at radius 3 is 2.35 bits per heavy atom. The number of amides is 2. The van der Waals surface area contributed by atoms with Gasteiger partial charge in [-0.25, -0.2) is 4.79 Å². The fourth-order valence-corrected chi connectivity index (χ4v) is 7.49. The highest BCUT2D eigenvalue weighted by Crippen LogP contribution is 2.48. The summed E-state index contributed by atoms with van der Waals surface area (Å²) in [7, 11) is -3.99. The number of carbonyl (C=O) groups excluding carboxylic acids is 3. The zero-order chi connectivity index (χ0) is 34.9. The molecule has 10 nitrogen and oxygen atoms in total. The van der Waals surface area contributed by atoms with E-state index >= 15 is 0 Å². The first kappa shape index (κ1) is 35.0. The summed E-state index contributed by atoms with van der Waals surface area (Å²) in [5.74, 6) is -1.90. The van der Waals surface area contributed by atoms with Crippen molar-refractivity contribution < 1.29 is 36.8 Å². The first-order valence-electron chi connectivity index (χ1n) is 16.4. The van der Waals surface area contributed by atoms with Gasteiger partial charge in [-0.2, -0.15) is 13.0 Å². The third kappa shape index (κ3) is 7.07. The lowest BCUT2D eigenvalue weighted by Crippen LogP contribution is -2.32. The fourth-order valence-electron chi connectivity index (χ4n) is 6.93. The number of imide groups is 1. The number of hydroxylamine groups is 2. The first-order chi connectivity index (χ1) is 22.6. The summed E-state index contributed by atoms with van der Waals surface area (Å²) in [5, 5.41) is 0.580. The molecular formula is C37H44N3O7S+. The van der Waals surface area contributed by atoms with Crippen LogP contribution in [0.5, 0.6) is 0 Å². The second kappa shape index (κ2) is 13.6. The molecule has 48 heavy (non-hydrogen) atoms. The standard InChI is InChI=1S/C37H43N3O7S/c1-6-38-30-19-18-26(25-35(43)47-40-33(41)20-21-34(40)42)24-28(30)37(4,5)31(38)16-8-7-9-17-32-36(2,3)27-14-10-11-15-29(27)39(32)22-12-13-23-48(44,45)46/h7-11,14-19,24H,6,12-13,20-23,25H2,1-5H3/p+1. The number of hydrogen-bond acceptors (Lipinski definition) is 7. The summed E-state index contributed by atoms with van der Waals surface area (Å²) in [6.07, 6.45) is 11.3. The molecule has 5 rings (SSSR count). The van der Waals surface area contributed by atoms with Crippen LogP contribution in [0.15, 0.2) is 78.5 Å². The van der Waals surface area contributed by atoms with E-state index in [1.165, 1.54) is 5.56 Å². The lowest BCUT2D eigenvalue weighted by molar-refractivity contribution is -0.438. The van der Waals surface area contributed by atoms with Crippen LogP contribution >= 0.6 is 0 Å². The summed E-state index contributed by atoms with van der Waals surface area (Å²) in [4.78, 5) is 43.6. The Hall–Kier alpha value is -4.35. The molecule has 11 heteroatoms. The van der Waals surface area contributed by atoms with Crippen molar-refractivity contribution in [3.8, 4) is 0 Å². The van der Waals surface area contributed by atoms with Gasteiger partial charge in [0.1, 0.15) is 6.54 Å². The fraction of sp³-hybridized carbons (Fsp3) is 0.405. The van der Waals surface area contributed by atoms with Crippen LogP contribution in [0, 0.1) is 0 Å². The maximum absolute atomic E-state index is 12.6. The van der Waals surface area contributed by atoms with Crippen LogP contribution in [0.3, 0.4) is 0 Å². The van der Waals surface area contributed by atoms with Crippen LogP contribution in [0.1, 0.15) is 77.0 Å². The maximum atomic E-state index is 12.6. The number of carbonyl (C=O) groups is 3. The summed E-state index contributed by atoms with van der Waals surface area (Å²) in [6.45, 7) is 12.2. The average molecular weight is 675 g/mol. The van der Waals surface area contributed by atoms with Gasteiger partial charge < -0.3 is 9.74 Å². The minimum Gasteiger partial charge on any atom is -0.344 e. The molecule has 0 atom stereocenters. The van der Waals surface area contributed by atoms with E-state index in [-0.39, 0.29) is 35.8 Å². The number of rotatable bonds is 12. The summed E-state index contributed by atoms with van der Waals surface area (Å²) < 4.78 is 33.9. The SMILES string of the molecule is CCN1/C(=C/C=C/C=C/C2=[N+](CCCCS(=O)(=O)O)c3ccccc3C2(C)C)C(C)(C)c2cc(CC(=O)ON3C(=O)CCC3=O)ccc21. The molecule has 0 aliphatic carbocycles. The van der Waals surface area contributed by atoms with Crippen molar-refractivity contribution in [1.82, 2.24) is 5.06 Å². The van der Waals surface area contributed by atoms with Crippen molar-refractivity contribution in [1.29, 1.82) is 0 Å². The van der Waals surface area contributed by atoms with Gasteiger partial charge in [0.05, 0.1) is 17.6 Å². The van der Waals surface area contributed by atoms with Crippen LogP contribution in [0.2, 0.25) is 0 Å². The van der Waals surface area contributed by atoms with Crippen molar-refractivity contribution in [2.45, 2.75) is 77.6 Å². The molecule has 0 bridgehead atoms. The molecule has 3 heterocycles. The van der Waals surface area contributed by atoms with Gasteiger partial charge in [0.2, 0.25) is 5.69 Å². The average Bonchev–Trinajstić information content (AvgIpc) is 3.53. The molecule has 2 aromatic rings. The van der Waals surface area contributed by atoms with E-state index < -0.39 is 27.9 Å². The highest BCUT2D eigenvalue weighted by Gasteiger charge is 2.44. The Bertz CT molecular complexity index is 1850. The van der Waals surface area contributed by atoms with E-state index in [0.29, 0.717) is 24.4 Å². The van der Waals surface area contributed by atoms with Crippen LogP contribution in [-0.4, -0.2) is 64.9 Å². The quantitative estimate of drug-likeness (QED) is 0.100. The summed E-state index contributed by atoms with van der Waals surface area (Å²) in [6, 6.07) is 14.1. The van der Waals surface area contributed by atoms with Gasteiger partial charge in [0, 0.05) is 60.3 Å². The minimum atomic E-state index is -3.99. The van der Waals surface area contributed by atoms with Gasteiger partial charge in [-0.3, -0.25) is 14.1 Å². The number of anilines is 1. The molecular weight excluding hydrogens is 630 g/mol. The predicted octanol–water partition coefficient (Wildman–Crippen LogP) is 5.69. The van der Waals surface area contributed by atoms with Crippen LogP contribution < -0.4 is 4.90 Å². The van der Waals surface area contributed by atoms with Gasteiger partial charge in [0.15, 0.2) is 5.71 Å². The minimum absolute atomic E-state index is 0.0530. The monoisotopic (exact) mass is 674 g/mol. The molecule has 0 saturated carbocycles. The Balaban J connectivity index is 1.33. The van der Waals surface area contributed by atoms with E-state index in [1.807, 2.05) is 48.6 Å². The summed E-state index contributed by atoms with van der Waals surface area (Å²) >= 11 is 0. The number of benzene rings is 2. The molecule has 0 radical (unpaired) electrons. The van der Waals surface area contributed by atoms with Crippen molar-refractivity contribution in [2.24, 2.45) is 0 Å². The van der Waals surface area contributed by atoms with E-state index in [4.69, 9.17) is 9.39 Å². The zero-order valence-corrected chi connectivity index (χ0v) is 29.0. The van der Waals surface area contributed by atoms with Crippen LogP contribution in [0.4, 0.5) is 11.4 Å². The van der Waals surface area contributed by atoms with Crippen molar-refractivity contribution in [2.75, 3.05) is 23.7 Å². The van der Waals surface area contributed by atoms with E-state index in [1.54, 1.807) is 0 Å². The number of unbranched alkanes of at least 4 members (excludes halogenated alkanes) is 1. The zero-order valence-electron chi connectivity index (χ0n) is 28.2. The molecule has 3 aliphatic rings. The van der Waals surface area contributed by atoms with E-state index in [2.05, 4.69) is 68.4 Å². The van der Waals surface area contributed by atoms with Gasteiger partial charge in [-0.15, -0.1) is 5.06 Å². The molecule has 1 N–H and O–H groups in total. The third-order valence-corrected chi connectivity index (χ3v) is 10.2. The van der Waals surface area contributed by atoms with Crippen molar-refractivity contribution >= 4 is 45.0 Å². The number of likely N-dealkylation sites (N-methyl/N-ethyl adjacent to an activating group) is 1. The molecule has 1 fully saturated rings. The molecule has 0 spiro atoms. The third-order valence-electron chi connectivity index (χ3n) is 9.38. The lowest BCUT2D eigenvalue weighted by Gasteiger charge is -2.25. The normalized spacial score (nSPS) is 19.3. The summed E-state index contributed by atoms with van der Waals surface area (Å²) in [5.41, 5.74) is 6.80. The Morgan fingerprint density at radius 2 is 1.67 bits per heavy atom. The molecule has 2 amide bonds. The lowest BCUT2D eigenvalue weighted by atomic mass is 9.81. The number of fused-ring (bicyclic) bond motifs is 2. The van der Waals surface area contributed by atoms with Gasteiger partial charge >= 0.3 is 5.97 Å². The Kier molecular flexibility index (Phi) is 9.94. The molecule has 1 saturated heterocycles. The van der Waals surface area contributed by atoms with Gasteiger partial charge in [-0.1, -0.05) is 62.4 Å². The molecule has 254 valence electrons. The number of hydrogen-bond donors (Lipinski definition) is 1. The molecule has 2 aromatic carbocycles. The number of allylic oxidation sites excluding steroid dienone is 6. The second-order valence-electron chi connectivity index (χ2n) is 13.4. The van der Waals surface area contributed by atoms with Crippen molar-refractivity contribution in [3.63, 3.8) is 0 Å². The highest BCUT2D eigenvalue weighted by molar-refractivity contribution is 7.85. The number of para-hydroxylation sites is 1. The first-order valence-corrected chi connectivity index (χ1v) is 18.0. The van der Waals surface area contributed by atoms with Gasteiger partial charge in [-0.05, 0) is 50.5 Å². The molecule has 3 aliphatic heterocycles. The topological polar surface area (TPSA) is 124 Å². The van der Waals surface area contributed by atoms with Gasteiger partial charge in [0.25, 0.3) is 21.9 Å². The smallest absolute Gasteiger partial charge is 0.337 e. The van der Waals surface area contributed by atoms with Crippen molar-refractivity contribution in [3.05, 3.63) is 95.2 Å². The van der Waals surface area contributed by atoms with E-state index in [9.17, 15) is 22.8 Å². The predicted molar refractivity (Wildman–Crippen MR) is 185 cm³/mol. The molecule has 0 aromatic heterocycles. The Morgan fingerprint density at radius 1 is 0.958 bits per heavy atom. The molecule has 0 unspecified atom stereocenters. The van der Waals surface area contributed by atoms with Crippen LogP contribution in [0.25, 0.3) is 0 Å². The van der Waals surface area contributed by atoms with E-state index in [0.717, 1.165) is 40.5 Å².